The first-order valence-electron chi connectivity index (χ1n) is 6.15. The molecule has 0 N–H and O–H groups in total. The summed E-state index contributed by atoms with van der Waals surface area (Å²) in [6.45, 7) is 2.96. The Hall–Kier alpha value is -0.740. The monoisotopic (exact) mass is 314 g/mol. The highest BCUT2D eigenvalue weighted by Gasteiger charge is 2.32. The van der Waals surface area contributed by atoms with Crippen LogP contribution in [0.4, 0.5) is 0 Å². The van der Waals surface area contributed by atoms with Gasteiger partial charge < -0.3 is 14.2 Å². The number of ether oxygens (including phenoxy) is 3. The Morgan fingerprint density at radius 3 is 2.67 bits per heavy atom. The van der Waals surface area contributed by atoms with Gasteiger partial charge in [0.2, 0.25) is 0 Å². The maximum absolute atomic E-state index is 5.64. The van der Waals surface area contributed by atoms with Crippen LogP contribution in [0, 0.1) is 5.92 Å². The minimum absolute atomic E-state index is 0.222. The van der Waals surface area contributed by atoms with Gasteiger partial charge in [-0.1, -0.05) is 15.9 Å². The van der Waals surface area contributed by atoms with Crippen molar-refractivity contribution in [2.24, 2.45) is 5.92 Å². The Morgan fingerprint density at radius 1 is 1.33 bits per heavy atom. The van der Waals surface area contributed by atoms with E-state index in [0.717, 1.165) is 30.1 Å². The molecule has 18 heavy (non-hydrogen) atoms. The summed E-state index contributed by atoms with van der Waals surface area (Å²) in [5.41, 5.74) is 1.12. The zero-order valence-corrected chi connectivity index (χ0v) is 12.6. The molecule has 0 aromatic heterocycles. The van der Waals surface area contributed by atoms with Gasteiger partial charge in [0, 0.05) is 22.9 Å². The Bertz CT molecular complexity index is 408. The molecule has 0 saturated carbocycles. The Balaban J connectivity index is 2.29. The van der Waals surface area contributed by atoms with E-state index in [0.29, 0.717) is 5.92 Å². The molecule has 0 bridgehead atoms. The lowest BCUT2D eigenvalue weighted by molar-refractivity contribution is 0.105. The van der Waals surface area contributed by atoms with Crippen LogP contribution >= 0.6 is 15.9 Å². The summed E-state index contributed by atoms with van der Waals surface area (Å²) in [5.74, 6) is 2.20. The first-order chi connectivity index (χ1) is 8.67. The van der Waals surface area contributed by atoms with E-state index in [9.17, 15) is 0 Å². The van der Waals surface area contributed by atoms with E-state index in [1.54, 1.807) is 14.2 Å². The highest BCUT2D eigenvalue weighted by Crippen LogP contribution is 2.43. The molecule has 1 fully saturated rings. The Kier molecular flexibility index (Phi) is 4.51. The molecule has 1 heterocycles. The fraction of sp³-hybridized carbons (Fsp3) is 0.571. The molecule has 1 aliphatic heterocycles. The van der Waals surface area contributed by atoms with Crippen LogP contribution < -0.4 is 9.47 Å². The molecule has 1 aromatic rings. The van der Waals surface area contributed by atoms with Gasteiger partial charge in [0.05, 0.1) is 20.3 Å². The molecule has 0 aliphatic carbocycles. The van der Waals surface area contributed by atoms with Crippen molar-refractivity contribution in [2.75, 3.05) is 20.8 Å². The summed E-state index contributed by atoms with van der Waals surface area (Å²) < 4.78 is 16.4. The fourth-order valence-corrected chi connectivity index (χ4v) is 3.47. The maximum Gasteiger partial charge on any atom is 0.123 e. The molecular weight excluding hydrogens is 296 g/mol. The van der Waals surface area contributed by atoms with Crippen molar-refractivity contribution >= 4 is 15.9 Å². The number of benzene rings is 1. The number of rotatable bonds is 4. The fourth-order valence-electron chi connectivity index (χ4n) is 2.42. The van der Waals surface area contributed by atoms with Gasteiger partial charge in [-0.25, -0.2) is 0 Å². The molecule has 3 atom stereocenters. The SMILES string of the molecule is COc1ccc(OC)c(C(Br)C2CCOC2C)c1. The molecule has 3 unspecified atom stereocenters. The average Bonchev–Trinajstić information content (AvgIpc) is 2.83. The first kappa shape index (κ1) is 13.7. The van der Waals surface area contributed by atoms with Gasteiger partial charge in [-0.2, -0.15) is 0 Å². The molecule has 1 saturated heterocycles. The van der Waals surface area contributed by atoms with Crippen LogP contribution in [0.15, 0.2) is 18.2 Å². The van der Waals surface area contributed by atoms with Crippen LogP contribution in [0.5, 0.6) is 11.5 Å². The topological polar surface area (TPSA) is 27.7 Å². The second kappa shape index (κ2) is 5.93. The van der Waals surface area contributed by atoms with Gasteiger partial charge in [0.1, 0.15) is 11.5 Å². The van der Waals surface area contributed by atoms with Crippen molar-refractivity contribution in [3.8, 4) is 11.5 Å². The third-order valence-electron chi connectivity index (χ3n) is 3.54. The number of halogens is 1. The van der Waals surface area contributed by atoms with Gasteiger partial charge >= 0.3 is 0 Å². The van der Waals surface area contributed by atoms with Gasteiger partial charge in [-0.3, -0.25) is 0 Å². The summed E-state index contributed by atoms with van der Waals surface area (Å²) in [4.78, 5) is 0.222. The quantitative estimate of drug-likeness (QED) is 0.795. The maximum atomic E-state index is 5.64. The minimum Gasteiger partial charge on any atom is -0.497 e. The largest absolute Gasteiger partial charge is 0.497 e. The second-order valence-corrected chi connectivity index (χ2v) is 5.52. The summed E-state index contributed by atoms with van der Waals surface area (Å²) in [7, 11) is 3.37. The van der Waals surface area contributed by atoms with Gasteiger partial charge in [-0.15, -0.1) is 0 Å². The second-order valence-electron chi connectivity index (χ2n) is 4.54. The highest BCUT2D eigenvalue weighted by atomic mass is 79.9. The smallest absolute Gasteiger partial charge is 0.123 e. The third-order valence-corrected chi connectivity index (χ3v) is 4.72. The van der Waals surface area contributed by atoms with Gasteiger partial charge in [-0.05, 0) is 31.5 Å². The number of alkyl halides is 1. The van der Waals surface area contributed by atoms with Crippen molar-refractivity contribution in [1.82, 2.24) is 0 Å². The normalized spacial score (nSPS) is 24.9. The Morgan fingerprint density at radius 2 is 2.11 bits per heavy atom. The van der Waals surface area contributed by atoms with E-state index < -0.39 is 0 Å². The molecule has 4 heteroatoms. The van der Waals surface area contributed by atoms with Crippen molar-refractivity contribution in [3.05, 3.63) is 23.8 Å². The number of methoxy groups -OCH3 is 2. The summed E-state index contributed by atoms with van der Waals surface area (Å²) in [6, 6.07) is 5.89. The standard InChI is InChI=1S/C14H19BrO3/c1-9-11(6-7-18-9)14(15)12-8-10(16-2)4-5-13(12)17-3/h4-5,8-9,11,14H,6-7H2,1-3H3. The van der Waals surface area contributed by atoms with Crippen LogP contribution in [0.2, 0.25) is 0 Å². The van der Waals surface area contributed by atoms with E-state index in [-0.39, 0.29) is 10.9 Å². The average molecular weight is 315 g/mol. The van der Waals surface area contributed by atoms with Crippen LogP contribution in [-0.2, 0) is 4.74 Å². The minimum atomic E-state index is 0.222. The van der Waals surface area contributed by atoms with Crippen molar-refractivity contribution in [1.29, 1.82) is 0 Å². The summed E-state index contributed by atoms with van der Waals surface area (Å²) in [5, 5.41) is 0. The molecule has 1 aromatic carbocycles. The van der Waals surface area contributed by atoms with E-state index in [2.05, 4.69) is 22.9 Å². The Labute approximate surface area is 117 Å². The zero-order valence-electron chi connectivity index (χ0n) is 11.0. The molecule has 2 rings (SSSR count). The van der Waals surface area contributed by atoms with Crippen molar-refractivity contribution < 1.29 is 14.2 Å². The predicted molar refractivity (Wildman–Crippen MR) is 74.7 cm³/mol. The number of hydrogen-bond donors (Lipinski definition) is 0. The van der Waals surface area contributed by atoms with Crippen LogP contribution in [0.3, 0.4) is 0 Å². The highest BCUT2D eigenvalue weighted by molar-refractivity contribution is 9.09. The zero-order chi connectivity index (χ0) is 13.1. The molecule has 1 aliphatic rings. The molecule has 0 radical (unpaired) electrons. The lowest BCUT2D eigenvalue weighted by atomic mass is 9.93. The molecule has 0 spiro atoms. The van der Waals surface area contributed by atoms with E-state index >= 15 is 0 Å². The number of hydrogen-bond acceptors (Lipinski definition) is 3. The summed E-state index contributed by atoms with van der Waals surface area (Å²) >= 11 is 3.79. The van der Waals surface area contributed by atoms with E-state index in [1.165, 1.54) is 0 Å². The molecule has 100 valence electrons. The lowest BCUT2D eigenvalue weighted by Gasteiger charge is -2.23. The molecule has 0 amide bonds. The van der Waals surface area contributed by atoms with Crippen LogP contribution in [-0.4, -0.2) is 26.9 Å². The van der Waals surface area contributed by atoms with E-state index in [4.69, 9.17) is 14.2 Å². The van der Waals surface area contributed by atoms with Crippen LogP contribution in [0.25, 0.3) is 0 Å². The third kappa shape index (κ3) is 2.64. The van der Waals surface area contributed by atoms with Crippen molar-refractivity contribution in [3.63, 3.8) is 0 Å². The predicted octanol–water partition coefficient (Wildman–Crippen LogP) is 3.56. The first-order valence-corrected chi connectivity index (χ1v) is 7.06. The van der Waals surface area contributed by atoms with Gasteiger partial charge in [0.25, 0.3) is 0 Å². The summed E-state index contributed by atoms with van der Waals surface area (Å²) in [6.07, 6.45) is 1.34. The van der Waals surface area contributed by atoms with Gasteiger partial charge in [0.15, 0.2) is 0 Å². The van der Waals surface area contributed by atoms with Crippen molar-refractivity contribution in [2.45, 2.75) is 24.3 Å². The van der Waals surface area contributed by atoms with Crippen LogP contribution in [0.1, 0.15) is 23.7 Å². The lowest BCUT2D eigenvalue weighted by Crippen LogP contribution is -2.16. The molecule has 3 nitrogen and oxygen atoms in total. The van der Waals surface area contributed by atoms with E-state index in [1.807, 2.05) is 18.2 Å². The molecular formula is C14H19BrO3.